The van der Waals surface area contributed by atoms with Crippen molar-refractivity contribution >= 4 is 5.82 Å². The quantitative estimate of drug-likeness (QED) is 0.884. The first kappa shape index (κ1) is 13.6. The minimum absolute atomic E-state index is 0.0643. The van der Waals surface area contributed by atoms with Gasteiger partial charge in [0.1, 0.15) is 11.9 Å². The summed E-state index contributed by atoms with van der Waals surface area (Å²) in [5.74, 6) is 0.240. The van der Waals surface area contributed by atoms with Crippen molar-refractivity contribution in [3.8, 4) is 6.07 Å². The van der Waals surface area contributed by atoms with Crippen LogP contribution in [0.15, 0.2) is 39.9 Å². The van der Waals surface area contributed by atoms with E-state index in [0.717, 1.165) is 10.1 Å². The average molecular weight is 270 g/mol. The molecule has 1 aromatic carbocycles. The number of hydrogen-bond donors (Lipinski definition) is 1. The second-order valence-corrected chi connectivity index (χ2v) is 4.38. The van der Waals surface area contributed by atoms with Crippen LogP contribution in [0.4, 0.5) is 5.82 Å². The molecule has 2 aromatic rings. The van der Waals surface area contributed by atoms with Gasteiger partial charge in [-0.3, -0.25) is 13.9 Å². The lowest BCUT2D eigenvalue weighted by Gasteiger charge is -2.13. The third-order valence-corrected chi connectivity index (χ3v) is 3.08. The van der Waals surface area contributed by atoms with Gasteiger partial charge < -0.3 is 5.32 Å². The van der Waals surface area contributed by atoms with Gasteiger partial charge >= 0.3 is 5.69 Å². The Morgan fingerprint density at radius 1 is 1.15 bits per heavy atom. The molecule has 2 rings (SSSR count). The van der Waals surface area contributed by atoms with Crippen LogP contribution in [0.5, 0.6) is 0 Å². The number of rotatable bonds is 3. The summed E-state index contributed by atoms with van der Waals surface area (Å²) < 4.78 is 2.19. The zero-order valence-corrected chi connectivity index (χ0v) is 11.3. The van der Waals surface area contributed by atoms with Gasteiger partial charge in [-0.25, -0.2) is 4.79 Å². The summed E-state index contributed by atoms with van der Waals surface area (Å²) in [4.78, 5) is 23.8. The number of hydrogen-bond acceptors (Lipinski definition) is 4. The summed E-state index contributed by atoms with van der Waals surface area (Å²) in [6.45, 7) is 0.427. The standard InChI is InChI=1S/C14H14N4O2/c1-17-12(16-9-10-6-4-3-5-7-10)11(8-15)13(19)18(2)14(17)20/h3-7,16H,9H2,1-2H3. The molecule has 0 amide bonds. The molecule has 0 aliphatic heterocycles. The first-order valence-electron chi connectivity index (χ1n) is 6.04. The van der Waals surface area contributed by atoms with Crippen molar-refractivity contribution in [1.82, 2.24) is 9.13 Å². The summed E-state index contributed by atoms with van der Waals surface area (Å²) in [6, 6.07) is 11.4. The molecule has 102 valence electrons. The molecule has 0 saturated carbocycles. The van der Waals surface area contributed by atoms with Crippen molar-refractivity contribution in [2.75, 3.05) is 5.32 Å². The second kappa shape index (κ2) is 5.45. The predicted molar refractivity (Wildman–Crippen MR) is 75.4 cm³/mol. The molecule has 1 heterocycles. The normalized spacial score (nSPS) is 10.1. The fraction of sp³-hybridized carbons (Fsp3) is 0.214. The Kier molecular flexibility index (Phi) is 3.71. The van der Waals surface area contributed by atoms with Crippen LogP contribution < -0.4 is 16.6 Å². The van der Waals surface area contributed by atoms with E-state index in [-0.39, 0.29) is 11.4 Å². The molecule has 0 radical (unpaired) electrons. The highest BCUT2D eigenvalue weighted by Crippen LogP contribution is 2.09. The minimum atomic E-state index is -0.592. The van der Waals surface area contributed by atoms with E-state index < -0.39 is 11.2 Å². The van der Waals surface area contributed by atoms with Crippen LogP contribution in [0.25, 0.3) is 0 Å². The van der Waals surface area contributed by atoms with Gasteiger partial charge in [0.2, 0.25) is 0 Å². The molecular weight excluding hydrogens is 256 g/mol. The highest BCUT2D eigenvalue weighted by Gasteiger charge is 2.14. The van der Waals surface area contributed by atoms with E-state index in [1.807, 2.05) is 36.4 Å². The topological polar surface area (TPSA) is 79.8 Å². The summed E-state index contributed by atoms with van der Waals surface area (Å²) in [7, 11) is 2.88. The van der Waals surface area contributed by atoms with E-state index in [0.29, 0.717) is 6.54 Å². The monoisotopic (exact) mass is 270 g/mol. The van der Waals surface area contributed by atoms with Crippen LogP contribution in [0.1, 0.15) is 11.1 Å². The van der Waals surface area contributed by atoms with Crippen molar-refractivity contribution in [1.29, 1.82) is 5.26 Å². The Balaban J connectivity index is 2.45. The maximum atomic E-state index is 11.9. The largest absolute Gasteiger partial charge is 0.366 e. The summed E-state index contributed by atoms with van der Waals surface area (Å²) in [5.41, 5.74) is -0.134. The average Bonchev–Trinajstić information content (AvgIpc) is 2.48. The lowest BCUT2D eigenvalue weighted by atomic mass is 10.2. The van der Waals surface area contributed by atoms with Crippen LogP contribution >= 0.6 is 0 Å². The molecule has 1 aromatic heterocycles. The molecule has 6 nitrogen and oxygen atoms in total. The molecule has 0 bridgehead atoms. The van der Waals surface area contributed by atoms with E-state index in [1.165, 1.54) is 18.7 Å². The molecule has 0 fully saturated rings. The predicted octanol–water partition coefficient (Wildman–Crippen LogP) is 0.568. The molecule has 6 heteroatoms. The molecule has 0 aliphatic carbocycles. The van der Waals surface area contributed by atoms with Gasteiger partial charge in [-0.1, -0.05) is 30.3 Å². The highest BCUT2D eigenvalue weighted by atomic mass is 16.2. The van der Waals surface area contributed by atoms with E-state index >= 15 is 0 Å². The van der Waals surface area contributed by atoms with Crippen LogP contribution in [-0.2, 0) is 20.6 Å². The maximum absolute atomic E-state index is 11.9. The zero-order valence-electron chi connectivity index (χ0n) is 11.3. The van der Waals surface area contributed by atoms with Crippen molar-refractivity contribution in [3.63, 3.8) is 0 Å². The Morgan fingerprint density at radius 3 is 2.40 bits per heavy atom. The van der Waals surface area contributed by atoms with Gasteiger partial charge in [-0.05, 0) is 5.56 Å². The van der Waals surface area contributed by atoms with Gasteiger partial charge in [-0.15, -0.1) is 0 Å². The van der Waals surface area contributed by atoms with Gasteiger partial charge in [0.05, 0.1) is 0 Å². The fourth-order valence-electron chi connectivity index (χ4n) is 1.93. The van der Waals surface area contributed by atoms with Gasteiger partial charge in [0, 0.05) is 20.6 Å². The van der Waals surface area contributed by atoms with E-state index in [1.54, 1.807) is 0 Å². The fourth-order valence-corrected chi connectivity index (χ4v) is 1.93. The Hall–Kier alpha value is -2.81. The van der Waals surface area contributed by atoms with Crippen molar-refractivity contribution < 1.29 is 0 Å². The molecule has 0 saturated heterocycles. The van der Waals surface area contributed by atoms with Gasteiger partial charge in [-0.2, -0.15) is 5.26 Å². The molecule has 0 aliphatic rings. The van der Waals surface area contributed by atoms with Crippen LogP contribution in [0, 0.1) is 11.3 Å². The summed E-state index contributed by atoms with van der Waals surface area (Å²) in [6.07, 6.45) is 0. The maximum Gasteiger partial charge on any atom is 0.332 e. The Bertz CT molecular complexity index is 782. The molecule has 0 atom stereocenters. The third-order valence-electron chi connectivity index (χ3n) is 3.08. The lowest BCUT2D eigenvalue weighted by Crippen LogP contribution is -2.39. The number of nitriles is 1. The molecule has 0 unspecified atom stereocenters. The van der Waals surface area contributed by atoms with E-state index in [9.17, 15) is 9.59 Å². The van der Waals surface area contributed by atoms with Crippen molar-refractivity contribution in [3.05, 3.63) is 62.3 Å². The SMILES string of the molecule is Cn1c(NCc2ccccc2)c(C#N)c(=O)n(C)c1=O. The highest BCUT2D eigenvalue weighted by molar-refractivity contribution is 5.51. The number of anilines is 1. The Morgan fingerprint density at radius 2 is 1.80 bits per heavy atom. The second-order valence-electron chi connectivity index (χ2n) is 4.38. The molecule has 0 spiro atoms. The van der Waals surface area contributed by atoms with Crippen molar-refractivity contribution in [2.45, 2.75) is 6.54 Å². The van der Waals surface area contributed by atoms with Crippen LogP contribution in [0.3, 0.4) is 0 Å². The lowest BCUT2D eigenvalue weighted by molar-refractivity contribution is 0.685. The molecule has 20 heavy (non-hydrogen) atoms. The van der Waals surface area contributed by atoms with Crippen molar-refractivity contribution in [2.24, 2.45) is 14.1 Å². The van der Waals surface area contributed by atoms with Gasteiger partial charge in [0.15, 0.2) is 5.56 Å². The molecular formula is C14H14N4O2. The van der Waals surface area contributed by atoms with Gasteiger partial charge in [0.25, 0.3) is 5.56 Å². The minimum Gasteiger partial charge on any atom is -0.366 e. The number of nitrogens with zero attached hydrogens (tertiary/aromatic N) is 3. The number of benzene rings is 1. The van der Waals surface area contributed by atoms with Crippen LogP contribution in [0.2, 0.25) is 0 Å². The zero-order chi connectivity index (χ0) is 14.7. The van der Waals surface area contributed by atoms with Crippen LogP contribution in [-0.4, -0.2) is 9.13 Å². The number of aromatic nitrogens is 2. The smallest absolute Gasteiger partial charge is 0.332 e. The third kappa shape index (κ3) is 2.34. The number of nitrogens with one attached hydrogen (secondary N) is 1. The first-order valence-corrected chi connectivity index (χ1v) is 6.04. The molecule has 1 N–H and O–H groups in total. The Labute approximate surface area is 115 Å². The summed E-state index contributed by atoms with van der Waals surface area (Å²) >= 11 is 0. The summed E-state index contributed by atoms with van der Waals surface area (Å²) in [5, 5.41) is 12.1. The first-order chi connectivity index (χ1) is 9.56. The van der Waals surface area contributed by atoms with E-state index in [4.69, 9.17) is 5.26 Å². The van der Waals surface area contributed by atoms with E-state index in [2.05, 4.69) is 5.32 Å².